The minimum Gasteiger partial charge on any atom is -0.506 e. The molecular formula is C14H20BrNO3. The van der Waals surface area contributed by atoms with Gasteiger partial charge in [0.15, 0.2) is 0 Å². The molecule has 0 aromatic heterocycles. The Hall–Kier alpha value is -1.10. The molecule has 0 aliphatic heterocycles. The molecule has 0 radical (unpaired) electrons. The summed E-state index contributed by atoms with van der Waals surface area (Å²) in [5, 5.41) is 21.5. The first-order valence-electron chi connectivity index (χ1n) is 6.08. The van der Waals surface area contributed by atoms with Crippen LogP contribution in [-0.2, 0) is 10.8 Å². The van der Waals surface area contributed by atoms with E-state index in [9.17, 15) is 15.2 Å². The van der Waals surface area contributed by atoms with Gasteiger partial charge in [0, 0.05) is 11.1 Å². The summed E-state index contributed by atoms with van der Waals surface area (Å²) >= 11 is 3.18. The first kappa shape index (κ1) is 16.0. The summed E-state index contributed by atoms with van der Waals surface area (Å²) in [6, 6.07) is 1.75. The molecule has 1 N–H and O–H groups in total. The molecule has 0 atom stereocenters. The largest absolute Gasteiger partial charge is 0.506 e. The van der Waals surface area contributed by atoms with E-state index in [2.05, 4.69) is 15.9 Å². The van der Waals surface area contributed by atoms with Crippen molar-refractivity contribution in [3.63, 3.8) is 0 Å². The number of hydrogen-bond acceptors (Lipinski definition) is 3. The van der Waals surface area contributed by atoms with Crippen molar-refractivity contribution in [3.05, 3.63) is 31.8 Å². The fourth-order valence-corrected chi connectivity index (χ4v) is 2.52. The summed E-state index contributed by atoms with van der Waals surface area (Å²) in [7, 11) is 0. The number of aromatic hydroxyl groups is 1. The molecule has 0 bridgehead atoms. The fourth-order valence-electron chi connectivity index (χ4n) is 1.95. The first-order valence-corrected chi connectivity index (χ1v) is 6.87. The van der Waals surface area contributed by atoms with Crippen LogP contribution in [0.1, 0.15) is 52.7 Å². The average Bonchev–Trinajstić information content (AvgIpc) is 2.17. The van der Waals surface area contributed by atoms with Crippen LogP contribution in [0.15, 0.2) is 10.5 Å². The molecule has 1 aromatic carbocycles. The number of halogens is 1. The minimum absolute atomic E-state index is 0.0489. The van der Waals surface area contributed by atoms with Crippen LogP contribution in [0.2, 0.25) is 0 Å². The van der Waals surface area contributed by atoms with E-state index in [0.29, 0.717) is 11.1 Å². The highest BCUT2D eigenvalue weighted by atomic mass is 79.9. The van der Waals surface area contributed by atoms with Crippen LogP contribution in [0, 0.1) is 10.1 Å². The maximum atomic E-state index is 11.3. The van der Waals surface area contributed by atoms with E-state index >= 15 is 0 Å². The normalized spacial score (nSPS) is 12.6. The summed E-state index contributed by atoms with van der Waals surface area (Å²) in [6.45, 7) is 11.7. The van der Waals surface area contributed by atoms with Crippen molar-refractivity contribution in [1.82, 2.24) is 0 Å². The molecule has 1 rings (SSSR count). The highest BCUT2D eigenvalue weighted by Gasteiger charge is 2.33. The lowest BCUT2D eigenvalue weighted by Gasteiger charge is -2.26. The lowest BCUT2D eigenvalue weighted by atomic mass is 9.79. The van der Waals surface area contributed by atoms with Crippen LogP contribution >= 0.6 is 15.9 Å². The maximum Gasteiger partial charge on any atom is 0.290 e. The van der Waals surface area contributed by atoms with Gasteiger partial charge in [-0.1, -0.05) is 41.5 Å². The fraction of sp³-hybridized carbons (Fsp3) is 0.571. The third kappa shape index (κ3) is 3.08. The van der Waals surface area contributed by atoms with Crippen LogP contribution in [0.5, 0.6) is 5.75 Å². The van der Waals surface area contributed by atoms with Gasteiger partial charge in [-0.25, -0.2) is 0 Å². The van der Waals surface area contributed by atoms with Gasteiger partial charge in [-0.05, 0) is 32.8 Å². The molecule has 0 spiro atoms. The SMILES string of the molecule is CC(C)(C)c1cc(C(C)(C)C)c([N+](=O)[O-])c(Br)c1O. The van der Waals surface area contributed by atoms with Gasteiger partial charge in [0.2, 0.25) is 0 Å². The molecular weight excluding hydrogens is 310 g/mol. The molecule has 0 aliphatic carbocycles. The molecule has 106 valence electrons. The number of hydrogen-bond donors (Lipinski definition) is 1. The molecule has 5 heteroatoms. The standard InChI is InChI=1S/C14H20BrNO3/c1-13(2,3)8-7-9(14(4,5)6)12(17)10(15)11(8)16(18)19/h7,17H,1-6H3. The molecule has 4 nitrogen and oxygen atoms in total. The number of benzene rings is 1. The van der Waals surface area contributed by atoms with Gasteiger partial charge >= 0.3 is 0 Å². The van der Waals surface area contributed by atoms with Crippen molar-refractivity contribution in [2.45, 2.75) is 52.4 Å². The second kappa shape index (κ2) is 4.78. The van der Waals surface area contributed by atoms with E-state index in [1.54, 1.807) is 6.07 Å². The molecule has 0 aliphatic rings. The van der Waals surface area contributed by atoms with Crippen LogP contribution in [0.25, 0.3) is 0 Å². The quantitative estimate of drug-likeness (QED) is 0.602. The molecule has 1 aromatic rings. The van der Waals surface area contributed by atoms with Crippen molar-refractivity contribution in [1.29, 1.82) is 0 Å². The second-order valence-corrected chi connectivity index (χ2v) is 7.53. The molecule has 0 fully saturated rings. The Kier molecular flexibility index (Phi) is 4.01. The lowest BCUT2D eigenvalue weighted by molar-refractivity contribution is -0.386. The Morgan fingerprint density at radius 1 is 1.11 bits per heavy atom. The molecule has 19 heavy (non-hydrogen) atoms. The second-order valence-electron chi connectivity index (χ2n) is 6.74. The Labute approximate surface area is 122 Å². The Morgan fingerprint density at radius 3 is 1.84 bits per heavy atom. The number of rotatable bonds is 1. The third-order valence-corrected chi connectivity index (χ3v) is 3.76. The van der Waals surface area contributed by atoms with Crippen LogP contribution in [0.3, 0.4) is 0 Å². The van der Waals surface area contributed by atoms with E-state index in [1.807, 2.05) is 41.5 Å². The molecule has 0 amide bonds. The predicted molar refractivity (Wildman–Crippen MR) is 79.9 cm³/mol. The van der Waals surface area contributed by atoms with E-state index in [-0.39, 0.29) is 26.7 Å². The highest BCUT2D eigenvalue weighted by molar-refractivity contribution is 9.10. The van der Waals surface area contributed by atoms with Crippen molar-refractivity contribution in [2.24, 2.45) is 0 Å². The van der Waals surface area contributed by atoms with E-state index in [4.69, 9.17) is 0 Å². The number of nitro benzene ring substituents is 1. The average molecular weight is 330 g/mol. The Morgan fingerprint density at radius 2 is 1.53 bits per heavy atom. The van der Waals surface area contributed by atoms with Gasteiger partial charge in [0.25, 0.3) is 5.69 Å². The third-order valence-electron chi connectivity index (χ3n) is 3.01. The molecule has 0 saturated heterocycles. The van der Waals surface area contributed by atoms with Gasteiger partial charge in [0.1, 0.15) is 10.2 Å². The van der Waals surface area contributed by atoms with Crippen molar-refractivity contribution < 1.29 is 10.0 Å². The van der Waals surface area contributed by atoms with Gasteiger partial charge in [-0.15, -0.1) is 0 Å². The maximum absolute atomic E-state index is 11.3. The summed E-state index contributed by atoms with van der Waals surface area (Å²) in [6.07, 6.45) is 0. The molecule has 0 unspecified atom stereocenters. The molecule has 0 saturated carbocycles. The van der Waals surface area contributed by atoms with Crippen LogP contribution < -0.4 is 0 Å². The Balaban J connectivity index is 3.80. The van der Waals surface area contributed by atoms with Crippen molar-refractivity contribution in [2.75, 3.05) is 0 Å². The monoisotopic (exact) mass is 329 g/mol. The lowest BCUT2D eigenvalue weighted by Crippen LogP contribution is -2.18. The topological polar surface area (TPSA) is 63.4 Å². The zero-order valence-electron chi connectivity index (χ0n) is 12.2. The van der Waals surface area contributed by atoms with E-state index < -0.39 is 4.92 Å². The summed E-state index contributed by atoms with van der Waals surface area (Å²) in [5.41, 5.74) is 0.598. The van der Waals surface area contributed by atoms with Crippen LogP contribution in [0.4, 0.5) is 5.69 Å². The summed E-state index contributed by atoms with van der Waals surface area (Å²) in [4.78, 5) is 10.8. The zero-order chi connectivity index (χ0) is 15.2. The smallest absolute Gasteiger partial charge is 0.290 e. The number of phenols is 1. The van der Waals surface area contributed by atoms with E-state index in [1.165, 1.54) is 0 Å². The summed E-state index contributed by atoms with van der Waals surface area (Å²) < 4.78 is 0.162. The highest BCUT2D eigenvalue weighted by Crippen LogP contribution is 2.46. The zero-order valence-corrected chi connectivity index (χ0v) is 13.8. The number of nitro groups is 1. The first-order chi connectivity index (χ1) is 8.37. The number of nitrogens with zero attached hydrogens (tertiary/aromatic N) is 1. The van der Waals surface area contributed by atoms with Gasteiger partial charge in [0.05, 0.1) is 4.92 Å². The van der Waals surface area contributed by atoms with Gasteiger partial charge in [-0.2, -0.15) is 0 Å². The van der Waals surface area contributed by atoms with Crippen molar-refractivity contribution >= 4 is 21.6 Å². The van der Waals surface area contributed by atoms with Gasteiger partial charge < -0.3 is 5.11 Å². The molecule has 0 heterocycles. The minimum atomic E-state index is -0.448. The summed E-state index contributed by atoms with van der Waals surface area (Å²) in [5.74, 6) is -0.0489. The van der Waals surface area contributed by atoms with Gasteiger partial charge in [-0.3, -0.25) is 10.1 Å². The predicted octanol–water partition coefficient (Wildman–Crippen LogP) is 4.66. The van der Waals surface area contributed by atoms with Crippen LogP contribution in [-0.4, -0.2) is 10.0 Å². The number of phenolic OH excluding ortho intramolecular Hbond substituents is 1. The Bertz CT molecular complexity index is 525. The van der Waals surface area contributed by atoms with E-state index in [0.717, 1.165) is 0 Å². The van der Waals surface area contributed by atoms with Crippen molar-refractivity contribution in [3.8, 4) is 5.75 Å².